The van der Waals surface area contributed by atoms with Crippen LogP contribution in [0.25, 0.3) is 0 Å². The van der Waals surface area contributed by atoms with E-state index in [2.05, 4.69) is 0 Å². The monoisotopic (exact) mass is 842 g/mol. The lowest BCUT2D eigenvalue weighted by Gasteiger charge is -2.55. The molecule has 8 rings (SSSR count). The van der Waals surface area contributed by atoms with Crippen molar-refractivity contribution in [1.29, 1.82) is 0 Å². The van der Waals surface area contributed by atoms with Gasteiger partial charge >= 0.3 is 0 Å². The van der Waals surface area contributed by atoms with Crippen LogP contribution in [0, 0.1) is 0 Å². The quantitative estimate of drug-likeness (QED) is 0.228. The average Bonchev–Trinajstić information content (AvgIpc) is 3.17. The predicted octanol–water partition coefficient (Wildman–Crippen LogP) is 1.70. The van der Waals surface area contributed by atoms with Gasteiger partial charge in [-0.3, -0.25) is 19.2 Å². The van der Waals surface area contributed by atoms with Gasteiger partial charge in [0.1, 0.15) is 23.6 Å². The topological polar surface area (TPSA) is 254 Å². The Balaban J connectivity index is 1.03. The molecule has 5 fully saturated rings. The summed E-state index contributed by atoms with van der Waals surface area (Å²) in [4.78, 5) is 55.7. The van der Waals surface area contributed by atoms with Gasteiger partial charge in [0.25, 0.3) is 0 Å². The summed E-state index contributed by atoms with van der Waals surface area (Å²) in [7, 11) is 0. The fraction of sp³-hybridized carbons (Fsp3) is 0.674. The number of carbonyl (C=O) groups is 4. The van der Waals surface area contributed by atoms with Crippen LogP contribution >= 0.6 is 0 Å². The smallest absolute Gasteiger partial charge is 0.198 e. The lowest BCUT2D eigenvalue weighted by atomic mass is 9.57. The molecule has 4 saturated heterocycles. The van der Waals surface area contributed by atoms with Gasteiger partial charge < -0.3 is 63.8 Å². The third kappa shape index (κ3) is 7.33. The number of allylic oxidation sites excluding steroid dienone is 2. The van der Waals surface area contributed by atoms with Crippen LogP contribution in [0.5, 0.6) is 5.75 Å². The molecule has 0 spiro atoms. The number of carbonyl (C=O) groups excluding carboxylic acids is 4. The summed E-state index contributed by atoms with van der Waals surface area (Å²) in [6, 6.07) is 2.76. The molecular weight excluding hydrogens is 788 g/mol. The first kappa shape index (κ1) is 43.4. The fourth-order valence-electron chi connectivity index (χ4n) is 9.95. The van der Waals surface area contributed by atoms with Crippen molar-refractivity contribution in [2.24, 2.45) is 0 Å². The maximum absolute atomic E-state index is 14.7. The Morgan fingerprint density at radius 3 is 2.15 bits per heavy atom. The molecule has 328 valence electrons. The van der Waals surface area contributed by atoms with Crippen LogP contribution in [0.2, 0.25) is 0 Å². The Bertz CT molecular complexity index is 1990. The second kappa shape index (κ2) is 15.8. The fourth-order valence-corrected chi connectivity index (χ4v) is 9.95. The van der Waals surface area contributed by atoms with E-state index in [4.69, 9.17) is 33.2 Å². The number of fused-ring (bicyclic) bond motifs is 3. The molecule has 4 heterocycles. The van der Waals surface area contributed by atoms with Gasteiger partial charge in [-0.25, -0.2) is 0 Å². The van der Waals surface area contributed by atoms with Crippen molar-refractivity contribution >= 4 is 23.1 Å². The third-order valence-electron chi connectivity index (χ3n) is 13.2. The van der Waals surface area contributed by atoms with Crippen LogP contribution in [-0.4, -0.2) is 144 Å². The van der Waals surface area contributed by atoms with E-state index in [9.17, 15) is 49.8 Å². The summed E-state index contributed by atoms with van der Waals surface area (Å²) in [6.07, 6.45) is -8.21. The largest absolute Gasteiger partial charge is 0.507 e. The molecule has 3 aliphatic carbocycles. The molecule has 60 heavy (non-hydrogen) atoms. The molecule has 1 aromatic carbocycles. The highest BCUT2D eigenvalue weighted by Gasteiger charge is 2.69. The summed E-state index contributed by atoms with van der Waals surface area (Å²) in [5.74, 6) is -3.41. The van der Waals surface area contributed by atoms with Gasteiger partial charge in [-0.2, -0.15) is 0 Å². The van der Waals surface area contributed by atoms with Crippen molar-refractivity contribution in [3.63, 3.8) is 0 Å². The lowest BCUT2D eigenvalue weighted by Crippen LogP contribution is -2.71. The molecule has 0 bridgehead atoms. The third-order valence-corrected chi connectivity index (χ3v) is 13.2. The van der Waals surface area contributed by atoms with Gasteiger partial charge in [0.15, 0.2) is 47.6 Å². The van der Waals surface area contributed by atoms with Crippen molar-refractivity contribution < 1.29 is 83.0 Å². The zero-order valence-electron chi connectivity index (χ0n) is 34.1. The number of hydrogen-bond donors (Lipinski definition) is 6. The lowest BCUT2D eigenvalue weighted by molar-refractivity contribution is -0.296. The van der Waals surface area contributed by atoms with Crippen LogP contribution < -0.4 is 0 Å². The number of hydrogen-bond acceptors (Lipinski definition) is 17. The maximum atomic E-state index is 14.7. The van der Waals surface area contributed by atoms with E-state index in [0.717, 1.165) is 0 Å². The van der Waals surface area contributed by atoms with Crippen LogP contribution in [0.1, 0.15) is 118 Å². The number of benzene rings is 1. The molecular formula is C43H54O17. The summed E-state index contributed by atoms with van der Waals surface area (Å²) in [5, 5.41) is 66.5. The molecule has 1 aromatic rings. The molecule has 13 unspecified atom stereocenters. The number of aliphatic hydroxyl groups is 5. The SMILES string of the molecule is CC1OC(O[C@]23C(=O)C[C@](C)(O)C[C@@]2(O)C=CC2=C3C(=O)c3ccc(C4CC(OC5CCC(OC6CC(=O)C(O)C(C)O6)C(C)O5)C(O)C(C)O4)c(O)c3C2=O)CCC1O. The Labute approximate surface area is 346 Å². The van der Waals surface area contributed by atoms with Crippen LogP contribution in [0.3, 0.4) is 0 Å². The number of ether oxygens (including phenoxy) is 7. The van der Waals surface area contributed by atoms with Crippen LogP contribution in [-0.2, 0) is 42.7 Å². The Morgan fingerprint density at radius 1 is 0.767 bits per heavy atom. The highest BCUT2D eigenvalue weighted by molar-refractivity contribution is 6.32. The van der Waals surface area contributed by atoms with E-state index in [-0.39, 0.29) is 53.7 Å². The Hall–Kier alpha value is -3.30. The minimum atomic E-state index is -2.47. The number of aromatic hydroxyl groups is 1. The molecule has 0 radical (unpaired) electrons. The second-order valence-corrected chi connectivity index (χ2v) is 17.8. The van der Waals surface area contributed by atoms with Gasteiger partial charge in [0, 0.05) is 48.8 Å². The van der Waals surface area contributed by atoms with E-state index >= 15 is 0 Å². The number of ketones is 4. The molecule has 16 atom stereocenters. The van der Waals surface area contributed by atoms with Gasteiger partial charge in [-0.15, -0.1) is 0 Å². The molecule has 6 N–H and O–H groups in total. The van der Waals surface area contributed by atoms with Crippen LogP contribution in [0.15, 0.2) is 35.4 Å². The zero-order valence-corrected chi connectivity index (χ0v) is 34.1. The first-order valence-electron chi connectivity index (χ1n) is 20.8. The molecule has 4 aliphatic heterocycles. The summed E-state index contributed by atoms with van der Waals surface area (Å²) >= 11 is 0. The van der Waals surface area contributed by atoms with E-state index in [1.165, 1.54) is 31.2 Å². The first-order chi connectivity index (χ1) is 28.2. The molecule has 7 aliphatic rings. The summed E-state index contributed by atoms with van der Waals surface area (Å²) < 4.78 is 42.5. The van der Waals surface area contributed by atoms with Crippen molar-refractivity contribution in [2.75, 3.05) is 0 Å². The number of phenols is 1. The first-order valence-corrected chi connectivity index (χ1v) is 20.8. The molecule has 0 aromatic heterocycles. The minimum absolute atomic E-state index is 0.0210. The van der Waals surface area contributed by atoms with Crippen molar-refractivity contribution in [1.82, 2.24) is 0 Å². The highest BCUT2D eigenvalue weighted by atomic mass is 16.7. The maximum Gasteiger partial charge on any atom is 0.198 e. The van der Waals surface area contributed by atoms with E-state index in [1.807, 2.05) is 0 Å². The molecule has 17 heteroatoms. The standard InChI is InChI=1S/C43H54O17/c1-18-25(44)8-10-32(55-18)60-43-30(46)16-41(5,52)17-42(43,53)13-12-24-35(43)40(51)23-7-6-22(38(49)34(23)39(24)50)28-15-29(37(48)21(4)54-28)59-31-11-9-27(19(2)56-31)58-33-14-26(45)36(47)20(3)57-33/h6-7,12-13,18-21,25,27-29,31-33,36-37,44,47-49,52-53H,8-11,14-17H2,1-5H3/t18?,19?,20?,21?,25?,27?,28?,29?,31?,32?,33?,36?,37?,41-,42-,43-/m0/s1. The van der Waals surface area contributed by atoms with Gasteiger partial charge in [-0.1, -0.05) is 12.1 Å². The van der Waals surface area contributed by atoms with Gasteiger partial charge in [-0.05, 0) is 59.6 Å². The molecule has 17 nitrogen and oxygen atoms in total. The van der Waals surface area contributed by atoms with Crippen molar-refractivity contribution in [3.05, 3.63) is 52.1 Å². The number of Topliss-reactive ketones (excluding diaryl/α,β-unsaturated/α-hetero) is 4. The Morgan fingerprint density at radius 2 is 1.45 bits per heavy atom. The second-order valence-electron chi connectivity index (χ2n) is 17.8. The van der Waals surface area contributed by atoms with Crippen molar-refractivity contribution in [2.45, 2.75) is 183 Å². The van der Waals surface area contributed by atoms with Crippen LogP contribution in [0.4, 0.5) is 0 Å². The van der Waals surface area contributed by atoms with Crippen molar-refractivity contribution in [3.8, 4) is 5.75 Å². The number of aliphatic hydroxyl groups excluding tert-OH is 3. The number of rotatable bonds is 7. The van der Waals surface area contributed by atoms with E-state index in [1.54, 1.807) is 27.7 Å². The predicted molar refractivity (Wildman–Crippen MR) is 203 cm³/mol. The van der Waals surface area contributed by atoms with Gasteiger partial charge in [0.05, 0.1) is 72.0 Å². The van der Waals surface area contributed by atoms with E-state index < -0.39 is 138 Å². The number of phenolic OH excluding ortho intramolecular Hbond substituents is 1. The highest BCUT2D eigenvalue weighted by Crippen LogP contribution is 2.54. The molecule has 0 amide bonds. The average molecular weight is 843 g/mol. The van der Waals surface area contributed by atoms with Gasteiger partial charge in [0.2, 0.25) is 0 Å². The summed E-state index contributed by atoms with van der Waals surface area (Å²) in [5.41, 5.74) is -7.59. The zero-order chi connectivity index (χ0) is 43.2. The van der Waals surface area contributed by atoms with E-state index in [0.29, 0.717) is 12.8 Å². The normalized spacial score (nSPS) is 44.7. The summed E-state index contributed by atoms with van der Waals surface area (Å²) in [6.45, 7) is 8.02. The molecule has 1 saturated carbocycles. The Kier molecular flexibility index (Phi) is 11.4. The minimum Gasteiger partial charge on any atom is -0.507 e.